The molecule has 5 rings (SSSR count). The zero-order chi connectivity index (χ0) is 17.2. The quantitative estimate of drug-likeness (QED) is 0.832. The fraction of sp³-hybridized carbons (Fsp3) is 0.579. The minimum absolute atomic E-state index is 0.00661. The molecule has 128 valence electrons. The summed E-state index contributed by atoms with van der Waals surface area (Å²) in [7, 11) is 1.30. The van der Waals surface area contributed by atoms with Crippen LogP contribution in [0.3, 0.4) is 0 Å². The Labute approximate surface area is 140 Å². The van der Waals surface area contributed by atoms with Gasteiger partial charge in [-0.3, -0.25) is 9.59 Å². The van der Waals surface area contributed by atoms with E-state index in [9.17, 15) is 19.8 Å². The Kier molecular flexibility index (Phi) is 3.21. The van der Waals surface area contributed by atoms with E-state index in [-0.39, 0.29) is 41.0 Å². The molecule has 4 saturated carbocycles. The predicted octanol–water partition coefficient (Wildman–Crippen LogP) is 2.53. The number of phenols is 2. The monoisotopic (exact) mass is 330 g/mol. The highest BCUT2D eigenvalue weighted by Crippen LogP contribution is 2.76. The average molecular weight is 330 g/mol. The van der Waals surface area contributed by atoms with Gasteiger partial charge < -0.3 is 14.9 Å². The Morgan fingerprint density at radius 2 is 2.00 bits per heavy atom. The lowest BCUT2D eigenvalue weighted by atomic mass is 9.85. The number of aromatic hydroxyl groups is 2. The largest absolute Gasteiger partial charge is 0.508 e. The second kappa shape index (κ2) is 4.98. The number of ketones is 1. The summed E-state index contributed by atoms with van der Waals surface area (Å²) in [6.45, 7) is 2.23. The Balaban J connectivity index is 1.69. The highest BCUT2D eigenvalue weighted by Gasteiger charge is 2.71. The number of benzene rings is 1. The number of carbonyl (C=O) groups excluding carboxylic acids is 2. The zero-order valence-electron chi connectivity index (χ0n) is 13.9. The second-order valence-corrected chi connectivity index (χ2v) is 7.85. The van der Waals surface area contributed by atoms with Crippen LogP contribution in [0.15, 0.2) is 12.1 Å². The number of rotatable bonds is 3. The van der Waals surface area contributed by atoms with Gasteiger partial charge in [0.05, 0.1) is 13.5 Å². The third-order valence-corrected chi connectivity index (χ3v) is 6.61. The van der Waals surface area contributed by atoms with E-state index in [4.69, 9.17) is 0 Å². The van der Waals surface area contributed by atoms with Crippen LogP contribution in [0, 0.1) is 23.2 Å². The number of methoxy groups -OCH3 is 1. The lowest BCUT2D eigenvalue weighted by Crippen LogP contribution is -2.11. The maximum atomic E-state index is 12.5. The van der Waals surface area contributed by atoms with E-state index >= 15 is 0 Å². The molecule has 4 bridgehead atoms. The molecule has 0 amide bonds. The number of Topliss-reactive ketones (excluding diaryl/α,β-unsaturated/α-hetero) is 1. The van der Waals surface area contributed by atoms with Crippen LogP contribution in [-0.4, -0.2) is 29.1 Å². The number of carbonyl (C=O) groups is 2. The van der Waals surface area contributed by atoms with Crippen LogP contribution in [0.5, 0.6) is 11.5 Å². The van der Waals surface area contributed by atoms with Crippen molar-refractivity contribution < 1.29 is 24.5 Å². The average Bonchev–Trinajstić information content (AvgIpc) is 2.99. The van der Waals surface area contributed by atoms with Crippen LogP contribution in [0.2, 0.25) is 0 Å². The maximum Gasteiger partial charge on any atom is 0.309 e. The molecule has 2 unspecified atom stereocenters. The lowest BCUT2D eigenvalue weighted by Gasteiger charge is -2.20. The number of hydrogen-bond donors (Lipinski definition) is 2. The molecule has 5 heteroatoms. The van der Waals surface area contributed by atoms with Crippen molar-refractivity contribution in [2.75, 3.05) is 7.11 Å². The topological polar surface area (TPSA) is 83.8 Å². The van der Waals surface area contributed by atoms with Gasteiger partial charge in [0.2, 0.25) is 0 Å². The first-order chi connectivity index (χ1) is 11.3. The third kappa shape index (κ3) is 2.06. The summed E-state index contributed by atoms with van der Waals surface area (Å²) >= 11 is 0. The highest BCUT2D eigenvalue weighted by atomic mass is 16.5. The molecule has 5 nitrogen and oxygen atoms in total. The van der Waals surface area contributed by atoms with E-state index in [2.05, 4.69) is 11.7 Å². The van der Waals surface area contributed by atoms with Gasteiger partial charge in [0.1, 0.15) is 17.3 Å². The molecule has 0 aromatic heterocycles. The summed E-state index contributed by atoms with van der Waals surface area (Å²) < 4.78 is 4.62. The van der Waals surface area contributed by atoms with Gasteiger partial charge in [0, 0.05) is 23.8 Å². The van der Waals surface area contributed by atoms with Crippen LogP contribution < -0.4 is 0 Å². The number of fused-ring (bicyclic) bond motifs is 2. The third-order valence-electron chi connectivity index (χ3n) is 6.61. The standard InChI is InChI=1S/C19H22O5/c1-19-8-10-6-12(19)18(19)11(7-13(10)20)17-14(21)3-9(4-15(17)22)5-16(23)24-2/h3-4,10-12,18,21-22H,5-8H2,1-2H3/t10-,11+,12?,18?,19+/m1/s1. The smallest absolute Gasteiger partial charge is 0.309 e. The van der Waals surface area contributed by atoms with Crippen LogP contribution in [0.25, 0.3) is 0 Å². The van der Waals surface area contributed by atoms with E-state index < -0.39 is 5.97 Å². The first kappa shape index (κ1) is 15.5. The summed E-state index contributed by atoms with van der Waals surface area (Å²) in [4.78, 5) is 23.9. The normalized spacial score (nSPS) is 36.3. The summed E-state index contributed by atoms with van der Waals surface area (Å²) in [5, 5.41) is 21.0. The molecule has 0 aliphatic heterocycles. The molecule has 2 N–H and O–H groups in total. The van der Waals surface area contributed by atoms with Crippen LogP contribution in [0.1, 0.15) is 43.2 Å². The Morgan fingerprint density at radius 3 is 2.54 bits per heavy atom. The van der Waals surface area contributed by atoms with Gasteiger partial charge in [0.15, 0.2) is 0 Å². The molecule has 0 radical (unpaired) electrons. The van der Waals surface area contributed by atoms with Gasteiger partial charge in [0.25, 0.3) is 0 Å². The molecule has 4 aliphatic carbocycles. The lowest BCUT2D eigenvalue weighted by molar-refractivity contribution is -0.139. The highest BCUT2D eigenvalue weighted by molar-refractivity contribution is 5.84. The van der Waals surface area contributed by atoms with Gasteiger partial charge in [-0.25, -0.2) is 0 Å². The fourth-order valence-electron chi connectivity index (χ4n) is 5.50. The van der Waals surface area contributed by atoms with E-state index in [1.54, 1.807) is 0 Å². The predicted molar refractivity (Wildman–Crippen MR) is 85.7 cm³/mol. The summed E-state index contributed by atoms with van der Waals surface area (Å²) in [6.07, 6.45) is 2.28. The van der Waals surface area contributed by atoms with Crippen molar-refractivity contribution in [2.24, 2.45) is 23.2 Å². The SMILES string of the molecule is COC(=O)Cc1cc(O)c([C@@H]2CC(=O)[C@@H]3CC4C2[C@@]4(C)C3)c(O)c1. The second-order valence-electron chi connectivity index (χ2n) is 7.85. The summed E-state index contributed by atoms with van der Waals surface area (Å²) in [5.74, 6) is 0.667. The molecule has 5 atom stereocenters. The van der Waals surface area contributed by atoms with Crippen molar-refractivity contribution in [3.05, 3.63) is 23.3 Å². The van der Waals surface area contributed by atoms with Gasteiger partial charge >= 0.3 is 5.97 Å². The summed E-state index contributed by atoms with van der Waals surface area (Å²) in [5.41, 5.74) is 1.15. The van der Waals surface area contributed by atoms with E-state index in [0.717, 1.165) is 12.8 Å². The van der Waals surface area contributed by atoms with Crippen molar-refractivity contribution in [2.45, 2.75) is 38.5 Å². The maximum absolute atomic E-state index is 12.5. The van der Waals surface area contributed by atoms with Crippen LogP contribution >= 0.6 is 0 Å². The van der Waals surface area contributed by atoms with Crippen molar-refractivity contribution in [1.82, 2.24) is 0 Å². The molecular weight excluding hydrogens is 308 g/mol. The Morgan fingerprint density at radius 1 is 1.33 bits per heavy atom. The Bertz CT molecular complexity index is 716. The van der Waals surface area contributed by atoms with E-state index in [1.165, 1.54) is 19.2 Å². The van der Waals surface area contributed by atoms with Crippen molar-refractivity contribution in [3.63, 3.8) is 0 Å². The first-order valence-electron chi connectivity index (χ1n) is 8.49. The first-order valence-corrected chi connectivity index (χ1v) is 8.49. The number of phenolic OH excluding ortho intramolecular Hbond substituents is 2. The molecule has 24 heavy (non-hydrogen) atoms. The zero-order valence-corrected chi connectivity index (χ0v) is 13.9. The van der Waals surface area contributed by atoms with E-state index in [0.29, 0.717) is 29.4 Å². The molecule has 4 aliphatic rings. The minimum Gasteiger partial charge on any atom is -0.508 e. The Hall–Kier alpha value is -2.04. The van der Waals surface area contributed by atoms with Crippen LogP contribution in [0.4, 0.5) is 0 Å². The van der Waals surface area contributed by atoms with Crippen molar-refractivity contribution >= 4 is 11.8 Å². The fourth-order valence-corrected chi connectivity index (χ4v) is 5.50. The van der Waals surface area contributed by atoms with E-state index in [1.807, 2.05) is 0 Å². The number of ether oxygens (including phenoxy) is 1. The molecule has 4 fully saturated rings. The number of hydrogen-bond acceptors (Lipinski definition) is 5. The summed E-state index contributed by atoms with van der Waals surface area (Å²) in [6, 6.07) is 3.01. The number of esters is 1. The van der Waals surface area contributed by atoms with Gasteiger partial charge in [-0.05, 0) is 47.8 Å². The molecule has 0 heterocycles. The van der Waals surface area contributed by atoms with Crippen molar-refractivity contribution in [3.8, 4) is 11.5 Å². The molecule has 1 aromatic carbocycles. The molecule has 0 spiro atoms. The molecular formula is C19H22O5. The minimum atomic E-state index is -0.429. The van der Waals surface area contributed by atoms with Gasteiger partial charge in [-0.2, -0.15) is 0 Å². The van der Waals surface area contributed by atoms with Gasteiger partial charge in [-0.15, -0.1) is 0 Å². The van der Waals surface area contributed by atoms with Crippen LogP contribution in [-0.2, 0) is 20.7 Å². The molecule has 1 aromatic rings. The van der Waals surface area contributed by atoms with Crippen molar-refractivity contribution in [1.29, 1.82) is 0 Å². The molecule has 0 saturated heterocycles. The van der Waals surface area contributed by atoms with Gasteiger partial charge in [-0.1, -0.05) is 6.92 Å².